The van der Waals surface area contributed by atoms with Crippen molar-refractivity contribution in [2.24, 2.45) is 0 Å². The number of halogens is 1. The topological polar surface area (TPSA) is 198 Å². The minimum absolute atomic E-state index is 0.0304. The summed E-state index contributed by atoms with van der Waals surface area (Å²) in [4.78, 5) is 88.0. The normalized spacial score (nSPS) is 21.0. The quantitative estimate of drug-likeness (QED) is 0.0993. The van der Waals surface area contributed by atoms with Gasteiger partial charge in [0.1, 0.15) is 11.9 Å². The first-order valence-electron chi connectivity index (χ1n) is 23.1. The van der Waals surface area contributed by atoms with Crippen molar-refractivity contribution < 1.29 is 51.4 Å². The lowest BCUT2D eigenvalue weighted by Gasteiger charge is -2.35. The number of amides is 6. The van der Waals surface area contributed by atoms with Crippen molar-refractivity contribution in [1.29, 1.82) is 0 Å². The lowest BCUT2D eigenvalue weighted by molar-refractivity contribution is -0.137. The molecule has 5 heterocycles. The minimum Gasteiger partial charge on any atom is -0.493 e. The number of likely N-dealkylation sites (tertiary alicyclic amines) is 1. The number of anilines is 1. The Labute approximate surface area is 391 Å². The zero-order valence-electron chi connectivity index (χ0n) is 38.1. The first-order chi connectivity index (χ1) is 32.3. The molecule has 5 aliphatic rings. The molecule has 3 saturated heterocycles. The van der Waals surface area contributed by atoms with Gasteiger partial charge in [0.25, 0.3) is 17.7 Å². The summed E-state index contributed by atoms with van der Waals surface area (Å²) >= 11 is -2.41. The molecule has 358 valence electrons. The Balaban J connectivity index is 0.775. The van der Waals surface area contributed by atoms with E-state index in [0.29, 0.717) is 47.9 Å². The second kappa shape index (κ2) is 20.7. The Morgan fingerprint density at radius 2 is 1.58 bits per heavy atom. The average molecular weight is 944 g/mol. The van der Waals surface area contributed by atoms with Crippen molar-refractivity contribution in [2.45, 2.75) is 82.2 Å². The number of benzene rings is 3. The molecule has 0 aliphatic carbocycles. The predicted molar refractivity (Wildman–Crippen MR) is 246 cm³/mol. The SMILES string of the molecule is CCOc1cc([C@@H](C(C)S(=O)O)N2C(=O)c3cccc(NC(=O)CN4CCN(CCCCN5CCC(c6cc7c(cc6F)C(=O)N(C6CCC(=O)NC6=O)C7)CC5)CC4)c3C2=O)ccc1OC. The molecule has 0 bridgehead atoms. The third-order valence-corrected chi connectivity index (χ3v) is 14.7. The number of nitrogens with zero attached hydrogens (tertiary/aromatic N) is 5. The summed E-state index contributed by atoms with van der Waals surface area (Å²) in [6.45, 7) is 10.5. The van der Waals surface area contributed by atoms with Gasteiger partial charge in [-0.25, -0.2) is 8.60 Å². The number of methoxy groups -OCH3 is 1. The molecule has 6 amide bonds. The van der Waals surface area contributed by atoms with E-state index in [9.17, 15) is 37.5 Å². The zero-order valence-corrected chi connectivity index (χ0v) is 38.9. The van der Waals surface area contributed by atoms with Crippen LogP contribution in [0.4, 0.5) is 10.1 Å². The highest BCUT2D eigenvalue weighted by Crippen LogP contribution is 2.41. The Bertz CT molecular complexity index is 2460. The number of piperazine rings is 1. The van der Waals surface area contributed by atoms with Crippen LogP contribution in [0.5, 0.6) is 11.5 Å². The lowest BCUT2D eigenvalue weighted by atomic mass is 9.87. The van der Waals surface area contributed by atoms with Crippen molar-refractivity contribution in [1.82, 2.24) is 29.8 Å². The number of unbranched alkanes of at least 4 members (excludes halogenated alkanes) is 1. The predicted octanol–water partition coefficient (Wildman–Crippen LogP) is 4.16. The van der Waals surface area contributed by atoms with Crippen LogP contribution in [0.25, 0.3) is 0 Å². The van der Waals surface area contributed by atoms with Gasteiger partial charge in [-0.1, -0.05) is 18.2 Å². The van der Waals surface area contributed by atoms with Crippen LogP contribution in [0.2, 0.25) is 0 Å². The monoisotopic (exact) mass is 943 g/mol. The maximum atomic E-state index is 15.4. The van der Waals surface area contributed by atoms with Gasteiger partial charge in [-0.05, 0) is 125 Å². The van der Waals surface area contributed by atoms with Crippen LogP contribution in [0, 0.1) is 5.82 Å². The molecule has 8 rings (SSSR count). The highest BCUT2D eigenvalue weighted by molar-refractivity contribution is 7.79. The fourth-order valence-electron chi connectivity index (χ4n) is 10.2. The maximum absolute atomic E-state index is 15.4. The number of ether oxygens (including phenoxy) is 2. The molecule has 0 spiro atoms. The van der Waals surface area contributed by atoms with E-state index in [1.807, 2.05) is 0 Å². The first kappa shape index (κ1) is 47.9. The molecule has 0 saturated carbocycles. The molecule has 3 aromatic rings. The number of hydrogen-bond acceptors (Lipinski definition) is 12. The zero-order chi connectivity index (χ0) is 47.5. The lowest BCUT2D eigenvalue weighted by Crippen LogP contribution is -2.52. The second-order valence-corrected chi connectivity index (χ2v) is 19.2. The summed E-state index contributed by atoms with van der Waals surface area (Å²) in [6.07, 6.45) is 4.08. The summed E-state index contributed by atoms with van der Waals surface area (Å²) in [5, 5.41) is 4.10. The molecule has 4 atom stereocenters. The number of carbonyl (C=O) groups excluding carboxylic acids is 6. The molecule has 19 heteroatoms. The van der Waals surface area contributed by atoms with E-state index >= 15 is 4.39 Å². The summed E-state index contributed by atoms with van der Waals surface area (Å²) in [6, 6.07) is 10.8. The van der Waals surface area contributed by atoms with Crippen LogP contribution in [0.3, 0.4) is 0 Å². The van der Waals surface area contributed by atoms with Crippen LogP contribution in [0.15, 0.2) is 48.5 Å². The number of fused-ring (bicyclic) bond motifs is 2. The molecule has 5 aliphatic heterocycles. The van der Waals surface area contributed by atoms with Crippen LogP contribution in [0.1, 0.15) is 112 Å². The van der Waals surface area contributed by atoms with E-state index in [1.165, 1.54) is 31.1 Å². The minimum atomic E-state index is -2.41. The largest absolute Gasteiger partial charge is 0.493 e. The van der Waals surface area contributed by atoms with E-state index in [1.54, 1.807) is 43.3 Å². The molecule has 0 aromatic heterocycles. The molecule has 3 unspecified atom stereocenters. The Morgan fingerprint density at radius 3 is 2.25 bits per heavy atom. The maximum Gasteiger partial charge on any atom is 0.264 e. The summed E-state index contributed by atoms with van der Waals surface area (Å²) < 4.78 is 49.2. The third-order valence-electron chi connectivity index (χ3n) is 13.8. The van der Waals surface area contributed by atoms with Crippen LogP contribution in [-0.2, 0) is 32.0 Å². The van der Waals surface area contributed by atoms with Crippen molar-refractivity contribution in [3.8, 4) is 11.5 Å². The van der Waals surface area contributed by atoms with E-state index in [0.717, 1.165) is 75.4 Å². The van der Waals surface area contributed by atoms with Gasteiger partial charge in [-0.15, -0.1) is 0 Å². The second-order valence-electron chi connectivity index (χ2n) is 17.9. The van der Waals surface area contributed by atoms with Gasteiger partial charge in [-0.3, -0.25) is 43.9 Å². The van der Waals surface area contributed by atoms with Gasteiger partial charge in [0.2, 0.25) is 17.7 Å². The van der Waals surface area contributed by atoms with Crippen LogP contribution in [-0.4, -0.2) is 153 Å². The van der Waals surface area contributed by atoms with Crippen molar-refractivity contribution in [2.75, 3.05) is 77.9 Å². The molecule has 3 aromatic carbocycles. The van der Waals surface area contributed by atoms with Gasteiger partial charge in [-0.2, -0.15) is 0 Å². The van der Waals surface area contributed by atoms with Gasteiger partial charge in [0.15, 0.2) is 22.6 Å². The summed E-state index contributed by atoms with van der Waals surface area (Å²) in [5.74, 6) is -2.42. The molecule has 17 nitrogen and oxygen atoms in total. The standard InChI is InChI=1S/C48H58FN7O10S/c1-4-66-40-25-31(10-12-39(40)65-3)44(29(2)67(63)64)56-47(61)33-8-7-9-37(43(33)48(56)62)50-42(58)28-54-22-20-53(21-23-54)17-6-5-16-52-18-14-30(15-19-52)34-24-32-27-55(46(60)35(32)26-36(34)49)38-11-13-41(57)51-45(38)59/h7-10,12,24-26,29-30,38,44H,4-6,11,13-23,27-28H2,1-3H3,(H,50,58)(H,63,64)(H,51,57,59)/t29?,38?,44-/m1/s1. The number of carbonyl (C=O) groups is 6. The molecule has 0 radical (unpaired) electrons. The fraction of sp³-hybridized carbons (Fsp3) is 0.500. The summed E-state index contributed by atoms with van der Waals surface area (Å²) in [5.41, 5.74) is 2.36. The van der Waals surface area contributed by atoms with E-state index in [4.69, 9.17) is 9.47 Å². The highest BCUT2D eigenvalue weighted by Gasteiger charge is 2.46. The Kier molecular flexibility index (Phi) is 14.8. The summed E-state index contributed by atoms with van der Waals surface area (Å²) in [7, 11) is 1.48. The van der Waals surface area contributed by atoms with E-state index in [2.05, 4.69) is 25.3 Å². The van der Waals surface area contributed by atoms with Gasteiger partial charge >= 0.3 is 0 Å². The molecule has 3 N–H and O–H groups in total. The highest BCUT2D eigenvalue weighted by atomic mass is 32.2. The van der Waals surface area contributed by atoms with Gasteiger partial charge in [0.05, 0.1) is 48.4 Å². The average Bonchev–Trinajstić information content (AvgIpc) is 3.76. The van der Waals surface area contributed by atoms with E-state index < -0.39 is 46.1 Å². The number of rotatable bonds is 17. The van der Waals surface area contributed by atoms with Crippen molar-refractivity contribution in [3.63, 3.8) is 0 Å². The third kappa shape index (κ3) is 10.2. The van der Waals surface area contributed by atoms with Gasteiger partial charge < -0.3 is 34.0 Å². The Hall–Kier alpha value is -5.60. The molecular formula is C48H58FN7O10S. The number of piperidine rings is 2. The first-order valence-corrected chi connectivity index (χ1v) is 24.3. The van der Waals surface area contributed by atoms with Gasteiger partial charge in [0, 0.05) is 44.7 Å². The van der Waals surface area contributed by atoms with Crippen molar-refractivity contribution >= 4 is 52.2 Å². The number of imide groups is 2. The smallest absolute Gasteiger partial charge is 0.264 e. The fourth-order valence-corrected chi connectivity index (χ4v) is 10.7. The number of hydrogen-bond donors (Lipinski definition) is 3. The van der Waals surface area contributed by atoms with E-state index in [-0.39, 0.29) is 72.2 Å². The van der Waals surface area contributed by atoms with Crippen molar-refractivity contribution in [3.05, 3.63) is 87.7 Å². The molecular weight excluding hydrogens is 886 g/mol. The van der Waals surface area contributed by atoms with Crippen LogP contribution >= 0.6 is 0 Å². The Morgan fingerprint density at radius 1 is 0.881 bits per heavy atom. The molecule has 3 fully saturated rings. The number of nitrogens with one attached hydrogen (secondary N) is 2. The van der Waals surface area contributed by atoms with Crippen LogP contribution < -0.4 is 20.1 Å². The molecule has 67 heavy (non-hydrogen) atoms.